The first-order chi connectivity index (χ1) is 7.24. The van der Waals surface area contributed by atoms with E-state index in [1.165, 1.54) is 18.4 Å². The normalized spacial score (nSPS) is 10.6. The summed E-state index contributed by atoms with van der Waals surface area (Å²) in [4.78, 5) is 0. The molecule has 1 nitrogen and oxygen atoms in total. The molecule has 1 rings (SSSR count). The standard InChI is InChI=1S/C12H17BrClN/c1-2-15-8-4-3-5-10-6-7-12(14)11(13)9-10/h6-7,9,15H,2-5,8H2,1H3. The number of unbranched alkanes of at least 4 members (excludes halogenated alkanes) is 1. The molecule has 0 aromatic heterocycles. The van der Waals surface area contributed by atoms with Gasteiger partial charge in [0, 0.05) is 4.47 Å². The molecule has 0 fully saturated rings. The largest absolute Gasteiger partial charge is 0.317 e. The minimum absolute atomic E-state index is 0.784. The highest BCUT2D eigenvalue weighted by molar-refractivity contribution is 9.10. The smallest absolute Gasteiger partial charge is 0.0548 e. The van der Waals surface area contributed by atoms with Gasteiger partial charge in [0.25, 0.3) is 0 Å². The van der Waals surface area contributed by atoms with Crippen LogP contribution >= 0.6 is 27.5 Å². The molecule has 84 valence electrons. The van der Waals surface area contributed by atoms with Crippen LogP contribution in [0, 0.1) is 0 Å². The highest BCUT2D eigenvalue weighted by Gasteiger charge is 1.98. The van der Waals surface area contributed by atoms with Gasteiger partial charge in [-0.1, -0.05) is 24.6 Å². The lowest BCUT2D eigenvalue weighted by atomic mass is 10.1. The Morgan fingerprint density at radius 3 is 2.80 bits per heavy atom. The summed E-state index contributed by atoms with van der Waals surface area (Å²) < 4.78 is 0.994. The lowest BCUT2D eigenvalue weighted by Crippen LogP contribution is -2.13. The van der Waals surface area contributed by atoms with Gasteiger partial charge >= 0.3 is 0 Å². The van der Waals surface area contributed by atoms with Crippen LogP contribution in [0.4, 0.5) is 0 Å². The second-order valence-electron chi connectivity index (χ2n) is 3.56. The monoisotopic (exact) mass is 289 g/mol. The van der Waals surface area contributed by atoms with E-state index in [-0.39, 0.29) is 0 Å². The van der Waals surface area contributed by atoms with Gasteiger partial charge in [-0.2, -0.15) is 0 Å². The van der Waals surface area contributed by atoms with Crippen molar-refractivity contribution in [2.75, 3.05) is 13.1 Å². The Bertz CT molecular complexity index is 302. The molecule has 0 saturated carbocycles. The van der Waals surface area contributed by atoms with Crippen molar-refractivity contribution < 1.29 is 0 Å². The quantitative estimate of drug-likeness (QED) is 0.780. The fourth-order valence-electron chi connectivity index (χ4n) is 1.45. The molecule has 0 aliphatic carbocycles. The number of nitrogens with one attached hydrogen (secondary N) is 1. The van der Waals surface area contributed by atoms with Gasteiger partial charge in [0.15, 0.2) is 0 Å². The number of aryl methyl sites for hydroxylation is 1. The zero-order valence-electron chi connectivity index (χ0n) is 9.02. The lowest BCUT2D eigenvalue weighted by Gasteiger charge is -2.04. The Hall–Kier alpha value is -0.0500. The third-order valence-electron chi connectivity index (χ3n) is 2.30. The van der Waals surface area contributed by atoms with E-state index in [0.29, 0.717) is 0 Å². The summed E-state index contributed by atoms with van der Waals surface area (Å²) in [5.74, 6) is 0. The maximum atomic E-state index is 5.93. The maximum absolute atomic E-state index is 5.93. The average Bonchev–Trinajstić information content (AvgIpc) is 2.23. The average molecular weight is 291 g/mol. The third kappa shape index (κ3) is 5.01. The van der Waals surface area contributed by atoms with Crippen molar-refractivity contribution in [3.8, 4) is 0 Å². The van der Waals surface area contributed by atoms with Crippen LogP contribution in [0.1, 0.15) is 25.3 Å². The molecular weight excluding hydrogens is 273 g/mol. The molecule has 15 heavy (non-hydrogen) atoms. The van der Waals surface area contributed by atoms with E-state index in [9.17, 15) is 0 Å². The van der Waals surface area contributed by atoms with Gasteiger partial charge in [-0.3, -0.25) is 0 Å². The van der Waals surface area contributed by atoms with Crippen molar-refractivity contribution >= 4 is 27.5 Å². The zero-order chi connectivity index (χ0) is 11.1. The van der Waals surface area contributed by atoms with E-state index in [1.807, 2.05) is 6.07 Å². The molecule has 0 saturated heterocycles. The van der Waals surface area contributed by atoms with E-state index in [0.717, 1.165) is 29.0 Å². The number of rotatable bonds is 6. The van der Waals surface area contributed by atoms with Crippen LogP contribution < -0.4 is 5.32 Å². The Kier molecular flexibility index (Phi) is 6.30. The molecule has 1 N–H and O–H groups in total. The molecule has 0 aliphatic heterocycles. The van der Waals surface area contributed by atoms with Gasteiger partial charge in [-0.25, -0.2) is 0 Å². The second-order valence-corrected chi connectivity index (χ2v) is 4.82. The Morgan fingerprint density at radius 1 is 1.33 bits per heavy atom. The Labute approximate surface area is 105 Å². The first kappa shape index (κ1) is 13.0. The van der Waals surface area contributed by atoms with Gasteiger partial charge < -0.3 is 5.32 Å². The predicted molar refractivity (Wildman–Crippen MR) is 70.6 cm³/mol. The number of hydrogen-bond acceptors (Lipinski definition) is 1. The fourth-order valence-corrected chi connectivity index (χ4v) is 1.99. The van der Waals surface area contributed by atoms with Crippen LogP contribution in [0.25, 0.3) is 0 Å². The molecule has 0 bridgehead atoms. The van der Waals surface area contributed by atoms with Crippen LogP contribution in [0.15, 0.2) is 22.7 Å². The van der Waals surface area contributed by atoms with Crippen molar-refractivity contribution in [2.24, 2.45) is 0 Å². The maximum Gasteiger partial charge on any atom is 0.0548 e. The molecule has 0 spiro atoms. The van der Waals surface area contributed by atoms with Crippen LogP contribution in [-0.2, 0) is 6.42 Å². The molecule has 3 heteroatoms. The van der Waals surface area contributed by atoms with Gasteiger partial charge in [-0.05, 0) is 66.0 Å². The van der Waals surface area contributed by atoms with Crippen LogP contribution in [0.5, 0.6) is 0 Å². The first-order valence-electron chi connectivity index (χ1n) is 5.38. The zero-order valence-corrected chi connectivity index (χ0v) is 11.4. The van der Waals surface area contributed by atoms with E-state index in [1.54, 1.807) is 0 Å². The first-order valence-corrected chi connectivity index (χ1v) is 6.55. The lowest BCUT2D eigenvalue weighted by molar-refractivity contribution is 0.641. The minimum Gasteiger partial charge on any atom is -0.317 e. The Morgan fingerprint density at radius 2 is 2.13 bits per heavy atom. The molecule has 1 aromatic rings. The Balaban J connectivity index is 2.28. The number of benzene rings is 1. The highest BCUT2D eigenvalue weighted by atomic mass is 79.9. The summed E-state index contributed by atoms with van der Waals surface area (Å²) in [7, 11) is 0. The molecule has 0 heterocycles. The molecule has 0 unspecified atom stereocenters. The number of halogens is 2. The molecular formula is C12H17BrClN. The third-order valence-corrected chi connectivity index (χ3v) is 3.52. The SMILES string of the molecule is CCNCCCCc1ccc(Cl)c(Br)c1. The minimum atomic E-state index is 0.784. The van der Waals surface area contributed by atoms with Gasteiger partial charge in [0.2, 0.25) is 0 Å². The van der Waals surface area contributed by atoms with Crippen molar-refractivity contribution in [3.63, 3.8) is 0 Å². The van der Waals surface area contributed by atoms with E-state index < -0.39 is 0 Å². The summed E-state index contributed by atoms with van der Waals surface area (Å²) >= 11 is 9.36. The van der Waals surface area contributed by atoms with Crippen molar-refractivity contribution in [1.82, 2.24) is 5.32 Å². The van der Waals surface area contributed by atoms with E-state index in [2.05, 4.69) is 40.3 Å². The van der Waals surface area contributed by atoms with Crippen LogP contribution in [0.3, 0.4) is 0 Å². The van der Waals surface area contributed by atoms with E-state index >= 15 is 0 Å². The van der Waals surface area contributed by atoms with Crippen molar-refractivity contribution in [3.05, 3.63) is 33.3 Å². The fraction of sp³-hybridized carbons (Fsp3) is 0.500. The summed E-state index contributed by atoms with van der Waals surface area (Å²) in [5, 5.41) is 4.11. The van der Waals surface area contributed by atoms with Gasteiger partial charge in [-0.15, -0.1) is 0 Å². The summed E-state index contributed by atoms with van der Waals surface area (Å²) in [6, 6.07) is 6.15. The summed E-state index contributed by atoms with van der Waals surface area (Å²) in [6.07, 6.45) is 3.58. The molecule has 0 amide bonds. The molecule has 0 aliphatic rings. The van der Waals surface area contributed by atoms with Crippen LogP contribution in [0.2, 0.25) is 5.02 Å². The second kappa shape index (κ2) is 7.26. The van der Waals surface area contributed by atoms with Gasteiger partial charge in [0.1, 0.15) is 0 Å². The highest BCUT2D eigenvalue weighted by Crippen LogP contribution is 2.23. The van der Waals surface area contributed by atoms with Crippen LogP contribution in [-0.4, -0.2) is 13.1 Å². The van der Waals surface area contributed by atoms with Crippen molar-refractivity contribution in [2.45, 2.75) is 26.2 Å². The molecule has 1 aromatic carbocycles. The molecule has 0 atom stereocenters. The summed E-state index contributed by atoms with van der Waals surface area (Å²) in [6.45, 7) is 4.31. The predicted octanol–water partition coefficient (Wildman–Crippen LogP) is 4.03. The summed E-state index contributed by atoms with van der Waals surface area (Å²) in [5.41, 5.74) is 1.35. The van der Waals surface area contributed by atoms with Crippen molar-refractivity contribution in [1.29, 1.82) is 0 Å². The number of hydrogen-bond donors (Lipinski definition) is 1. The molecule has 0 radical (unpaired) electrons. The van der Waals surface area contributed by atoms with E-state index in [4.69, 9.17) is 11.6 Å². The van der Waals surface area contributed by atoms with Gasteiger partial charge in [0.05, 0.1) is 5.02 Å². The topological polar surface area (TPSA) is 12.0 Å².